The molecular weight excluding hydrogens is 288 g/mol. The van der Waals surface area contributed by atoms with Crippen LogP contribution in [0.1, 0.15) is 0 Å². The molecule has 0 aliphatic heterocycles. The van der Waals surface area contributed by atoms with Gasteiger partial charge in [-0.2, -0.15) is 0 Å². The fourth-order valence-corrected chi connectivity index (χ4v) is 2.09. The van der Waals surface area contributed by atoms with Crippen molar-refractivity contribution in [2.45, 2.75) is 4.90 Å². The maximum atomic E-state index is 13.1. The highest BCUT2D eigenvalue weighted by Gasteiger charge is 2.11. The van der Waals surface area contributed by atoms with Crippen molar-refractivity contribution in [2.24, 2.45) is 5.14 Å². The maximum Gasteiger partial charge on any atom is 0.238 e. The Morgan fingerprint density at radius 2 is 1.70 bits per heavy atom. The van der Waals surface area contributed by atoms with Gasteiger partial charge in [0, 0.05) is 11.8 Å². The van der Waals surface area contributed by atoms with Crippen LogP contribution in [0.5, 0.6) is 0 Å². The Hall–Kier alpha value is -2.19. The van der Waals surface area contributed by atoms with Crippen LogP contribution in [0.2, 0.25) is 0 Å². The van der Waals surface area contributed by atoms with E-state index in [1.54, 1.807) is 0 Å². The van der Waals surface area contributed by atoms with Gasteiger partial charge in [0.15, 0.2) is 11.6 Å². The summed E-state index contributed by atoms with van der Waals surface area (Å²) in [5.41, 5.74) is 6.37. The monoisotopic (exact) mass is 299 g/mol. The van der Waals surface area contributed by atoms with E-state index in [-0.39, 0.29) is 22.0 Å². The Morgan fingerprint density at radius 1 is 1.00 bits per heavy atom. The minimum atomic E-state index is -3.88. The van der Waals surface area contributed by atoms with E-state index in [4.69, 9.17) is 10.9 Å². The molecule has 0 atom stereocenters. The van der Waals surface area contributed by atoms with E-state index in [0.717, 1.165) is 12.1 Å². The lowest BCUT2D eigenvalue weighted by atomic mass is 10.2. The molecule has 0 unspecified atom stereocenters. The highest BCUT2D eigenvalue weighted by atomic mass is 32.2. The summed E-state index contributed by atoms with van der Waals surface area (Å²) in [5, 5.41) is 7.71. The van der Waals surface area contributed by atoms with Crippen LogP contribution in [0, 0.1) is 11.6 Å². The van der Waals surface area contributed by atoms with Crippen molar-refractivity contribution in [3.63, 3.8) is 0 Å². The second-order valence-corrected chi connectivity index (χ2v) is 5.61. The Labute approximate surface area is 114 Å². The van der Waals surface area contributed by atoms with Crippen LogP contribution in [0.15, 0.2) is 41.3 Å². The van der Waals surface area contributed by atoms with Crippen molar-refractivity contribution < 1.29 is 17.2 Å². The lowest BCUT2D eigenvalue weighted by molar-refractivity contribution is 0.509. The van der Waals surface area contributed by atoms with Crippen LogP contribution in [0.3, 0.4) is 0 Å². The van der Waals surface area contributed by atoms with Gasteiger partial charge in [-0.25, -0.2) is 22.3 Å². The van der Waals surface area contributed by atoms with Gasteiger partial charge in [0.2, 0.25) is 10.0 Å². The van der Waals surface area contributed by atoms with Gasteiger partial charge >= 0.3 is 0 Å². The first kappa shape index (κ1) is 14.2. The van der Waals surface area contributed by atoms with Gasteiger partial charge in [-0.15, -0.1) is 0 Å². The van der Waals surface area contributed by atoms with Crippen LogP contribution < -0.4 is 16.2 Å². The van der Waals surface area contributed by atoms with Crippen molar-refractivity contribution in [1.82, 2.24) is 0 Å². The number of nitrogens with two attached hydrogens (primary N) is 2. The number of anilines is 3. The van der Waals surface area contributed by atoms with Crippen LogP contribution in [-0.4, -0.2) is 8.42 Å². The minimum absolute atomic E-state index is 0.142. The molecule has 20 heavy (non-hydrogen) atoms. The Morgan fingerprint density at radius 3 is 2.30 bits per heavy atom. The quantitative estimate of drug-likeness (QED) is 0.754. The van der Waals surface area contributed by atoms with Crippen molar-refractivity contribution in [1.29, 1.82) is 0 Å². The second-order valence-electron chi connectivity index (χ2n) is 4.05. The lowest BCUT2D eigenvalue weighted by Crippen LogP contribution is -2.12. The molecule has 0 saturated carbocycles. The largest absolute Gasteiger partial charge is 0.397 e. The fraction of sp³-hybridized carbons (Fsp3) is 0. The zero-order valence-electron chi connectivity index (χ0n) is 10.1. The summed E-state index contributed by atoms with van der Waals surface area (Å²) in [6.45, 7) is 0. The first-order chi connectivity index (χ1) is 9.27. The highest BCUT2D eigenvalue weighted by molar-refractivity contribution is 7.89. The maximum absolute atomic E-state index is 13.1. The van der Waals surface area contributed by atoms with Crippen molar-refractivity contribution in [3.05, 3.63) is 48.0 Å². The number of halogens is 2. The normalized spacial score (nSPS) is 11.3. The van der Waals surface area contributed by atoms with Gasteiger partial charge in [0.1, 0.15) is 0 Å². The summed E-state index contributed by atoms with van der Waals surface area (Å²) in [6, 6.07) is 6.98. The van der Waals surface area contributed by atoms with Gasteiger partial charge in [0.05, 0.1) is 16.3 Å². The molecule has 0 fully saturated rings. The van der Waals surface area contributed by atoms with Gasteiger partial charge in [-0.05, 0) is 30.3 Å². The third-order valence-corrected chi connectivity index (χ3v) is 3.46. The van der Waals surface area contributed by atoms with E-state index in [0.29, 0.717) is 0 Å². The molecule has 0 radical (unpaired) electrons. The van der Waals surface area contributed by atoms with E-state index >= 15 is 0 Å². The predicted molar refractivity (Wildman–Crippen MR) is 71.9 cm³/mol. The molecular formula is C12H11F2N3O2S. The molecule has 0 bridgehead atoms. The van der Waals surface area contributed by atoms with Crippen LogP contribution in [0.4, 0.5) is 25.8 Å². The summed E-state index contributed by atoms with van der Waals surface area (Å²) < 4.78 is 48.4. The van der Waals surface area contributed by atoms with E-state index in [1.807, 2.05) is 0 Å². The number of hydrogen-bond donors (Lipinski definition) is 3. The topological polar surface area (TPSA) is 98.2 Å². The van der Waals surface area contributed by atoms with Crippen molar-refractivity contribution in [3.8, 4) is 0 Å². The Bertz CT molecular complexity index is 763. The first-order valence-corrected chi connectivity index (χ1v) is 6.96. The molecule has 0 saturated heterocycles. The average Bonchev–Trinajstić information content (AvgIpc) is 2.35. The van der Waals surface area contributed by atoms with Crippen LogP contribution in [-0.2, 0) is 10.0 Å². The molecule has 5 nitrogen and oxygen atoms in total. The zero-order chi connectivity index (χ0) is 14.9. The summed E-state index contributed by atoms with van der Waals surface area (Å²) in [5.74, 6) is -2.02. The van der Waals surface area contributed by atoms with Crippen LogP contribution in [0.25, 0.3) is 0 Å². The van der Waals surface area contributed by atoms with E-state index in [2.05, 4.69) is 5.32 Å². The molecule has 0 aliphatic rings. The SMILES string of the molecule is Nc1ccc(S(N)(=O)=O)cc1Nc1ccc(F)c(F)c1. The van der Waals surface area contributed by atoms with Crippen molar-refractivity contribution in [2.75, 3.05) is 11.1 Å². The second kappa shape index (κ2) is 5.06. The van der Waals surface area contributed by atoms with Crippen molar-refractivity contribution >= 4 is 27.1 Å². The number of benzene rings is 2. The molecule has 0 spiro atoms. The van der Waals surface area contributed by atoms with E-state index < -0.39 is 21.7 Å². The average molecular weight is 299 g/mol. The third kappa shape index (κ3) is 3.03. The number of sulfonamides is 1. The summed E-state index contributed by atoms with van der Waals surface area (Å²) in [7, 11) is -3.88. The Balaban J connectivity index is 2.40. The van der Waals surface area contributed by atoms with E-state index in [1.165, 1.54) is 24.3 Å². The molecule has 0 aliphatic carbocycles. The number of hydrogen-bond acceptors (Lipinski definition) is 4. The zero-order valence-corrected chi connectivity index (χ0v) is 10.9. The van der Waals surface area contributed by atoms with Gasteiger partial charge in [-0.1, -0.05) is 0 Å². The summed E-state index contributed by atoms with van der Waals surface area (Å²) >= 11 is 0. The molecule has 2 aromatic rings. The van der Waals surface area contributed by atoms with Gasteiger partial charge in [0.25, 0.3) is 0 Å². The molecule has 0 aromatic heterocycles. The predicted octanol–water partition coefficient (Wildman–Crippen LogP) is 1.94. The fourth-order valence-electron chi connectivity index (χ4n) is 1.55. The Kier molecular flexibility index (Phi) is 3.60. The molecule has 5 N–H and O–H groups in total. The molecule has 0 heterocycles. The standard InChI is InChI=1S/C12H11F2N3O2S/c13-9-3-1-7(5-10(9)14)17-12-6-8(20(16,18)19)2-4-11(12)15/h1-6,17H,15H2,(H2,16,18,19). The summed E-state index contributed by atoms with van der Waals surface area (Å²) in [6.07, 6.45) is 0. The number of rotatable bonds is 3. The molecule has 2 rings (SSSR count). The lowest BCUT2D eigenvalue weighted by Gasteiger charge is -2.11. The molecule has 8 heteroatoms. The number of nitrogen functional groups attached to an aromatic ring is 1. The molecule has 0 amide bonds. The van der Waals surface area contributed by atoms with Crippen LogP contribution >= 0.6 is 0 Å². The minimum Gasteiger partial charge on any atom is -0.397 e. The van der Waals surface area contributed by atoms with Gasteiger partial charge in [-0.3, -0.25) is 0 Å². The van der Waals surface area contributed by atoms with E-state index in [9.17, 15) is 17.2 Å². The first-order valence-electron chi connectivity index (χ1n) is 5.42. The number of primary sulfonamides is 1. The smallest absolute Gasteiger partial charge is 0.238 e. The third-order valence-electron chi connectivity index (χ3n) is 2.55. The summed E-state index contributed by atoms with van der Waals surface area (Å²) in [4.78, 5) is -0.142. The van der Waals surface area contributed by atoms with Gasteiger partial charge < -0.3 is 11.1 Å². The molecule has 106 valence electrons. The number of nitrogens with one attached hydrogen (secondary N) is 1. The highest BCUT2D eigenvalue weighted by Crippen LogP contribution is 2.26. The molecule has 2 aromatic carbocycles.